The van der Waals surface area contributed by atoms with Crippen LogP contribution in [0.5, 0.6) is 5.75 Å². The van der Waals surface area contributed by atoms with Crippen LogP contribution in [-0.2, 0) is 4.74 Å². The first-order valence-corrected chi connectivity index (χ1v) is 8.60. The topological polar surface area (TPSA) is 84.5 Å². The molecule has 1 N–H and O–H groups in total. The number of likely N-dealkylation sites (tertiary alicyclic amines) is 1. The summed E-state index contributed by atoms with van der Waals surface area (Å²) in [7, 11) is 1.63. The van der Waals surface area contributed by atoms with Gasteiger partial charge in [0.1, 0.15) is 23.5 Å². The number of amides is 1. The molecule has 2 heterocycles. The van der Waals surface area contributed by atoms with Gasteiger partial charge in [0.2, 0.25) is 0 Å². The maximum absolute atomic E-state index is 12.7. The minimum Gasteiger partial charge on any atom is -0.491 e. The second kappa shape index (κ2) is 7.70. The molecule has 0 unspecified atom stereocenters. The minimum atomic E-state index is -0.605. The summed E-state index contributed by atoms with van der Waals surface area (Å²) >= 11 is 0. The number of nitrogens with one attached hydrogen (secondary N) is 1. The molecule has 138 valence electrons. The zero-order valence-electron chi connectivity index (χ0n) is 15.0. The Balaban J connectivity index is 1.73. The molecule has 1 aliphatic heterocycles. The van der Waals surface area contributed by atoms with Crippen molar-refractivity contribution in [2.45, 2.75) is 25.4 Å². The molecule has 1 fully saturated rings. The number of ether oxygens (including phenoxy) is 2. The van der Waals surface area contributed by atoms with E-state index in [9.17, 15) is 9.59 Å². The number of aromatic nitrogens is 2. The van der Waals surface area contributed by atoms with E-state index in [0.29, 0.717) is 19.7 Å². The first-order chi connectivity index (χ1) is 12.5. The minimum absolute atomic E-state index is 0.0407. The van der Waals surface area contributed by atoms with Gasteiger partial charge in [0, 0.05) is 19.9 Å². The molecule has 0 saturated carbocycles. The lowest BCUT2D eigenvalue weighted by Gasteiger charge is -2.41. The molecule has 1 amide bonds. The number of rotatable bonds is 5. The van der Waals surface area contributed by atoms with Crippen LogP contribution >= 0.6 is 0 Å². The van der Waals surface area contributed by atoms with Gasteiger partial charge in [-0.1, -0.05) is 12.1 Å². The third kappa shape index (κ3) is 3.94. The summed E-state index contributed by atoms with van der Waals surface area (Å²) in [6.07, 6.45) is 4.12. The van der Waals surface area contributed by atoms with E-state index in [1.807, 2.05) is 31.2 Å². The number of H-pyrrole nitrogens is 1. The second-order valence-electron chi connectivity index (χ2n) is 6.62. The van der Waals surface area contributed by atoms with E-state index >= 15 is 0 Å². The lowest BCUT2D eigenvalue weighted by Crippen LogP contribution is -2.55. The fourth-order valence-electron chi connectivity index (χ4n) is 3.20. The molecular weight excluding hydrogens is 334 g/mol. The molecule has 1 atom stereocenters. The number of aromatic amines is 1. The second-order valence-corrected chi connectivity index (χ2v) is 6.62. The quantitative estimate of drug-likeness (QED) is 0.882. The Kier molecular flexibility index (Phi) is 5.37. The van der Waals surface area contributed by atoms with Crippen molar-refractivity contribution in [3.63, 3.8) is 0 Å². The smallest absolute Gasteiger partial charge is 0.263 e. The van der Waals surface area contributed by atoms with E-state index < -0.39 is 11.2 Å². The number of carbonyl (C=O) groups excluding carboxylic acids is 1. The molecule has 2 aromatic rings. The van der Waals surface area contributed by atoms with E-state index in [0.717, 1.165) is 24.2 Å². The molecule has 1 aromatic heterocycles. The Morgan fingerprint density at radius 2 is 2.27 bits per heavy atom. The maximum Gasteiger partial charge on any atom is 0.263 e. The summed E-state index contributed by atoms with van der Waals surface area (Å²) in [4.78, 5) is 32.5. The standard InChI is InChI=1S/C19H23N3O4/c1-14-5-3-6-15(9-14)26-12-19(25-2)7-4-8-22(11-19)18(24)16-10-20-13-21-17(16)23/h3,5-6,9-10,13H,4,7-8,11-12H2,1-2H3,(H,20,21,23)/t19-/m1/s1. The highest BCUT2D eigenvalue weighted by Gasteiger charge is 2.39. The molecule has 1 saturated heterocycles. The highest BCUT2D eigenvalue weighted by atomic mass is 16.5. The number of hydrogen-bond acceptors (Lipinski definition) is 5. The summed E-state index contributed by atoms with van der Waals surface area (Å²) < 4.78 is 11.7. The van der Waals surface area contributed by atoms with Gasteiger partial charge in [0.05, 0.1) is 12.9 Å². The van der Waals surface area contributed by atoms with Crippen molar-refractivity contribution >= 4 is 5.91 Å². The largest absolute Gasteiger partial charge is 0.491 e. The van der Waals surface area contributed by atoms with Crippen molar-refractivity contribution < 1.29 is 14.3 Å². The van der Waals surface area contributed by atoms with Gasteiger partial charge >= 0.3 is 0 Å². The molecule has 26 heavy (non-hydrogen) atoms. The fourth-order valence-corrected chi connectivity index (χ4v) is 3.20. The zero-order valence-corrected chi connectivity index (χ0v) is 15.0. The number of nitrogens with zero attached hydrogens (tertiary/aromatic N) is 2. The number of piperidine rings is 1. The van der Waals surface area contributed by atoms with Crippen LogP contribution in [0.1, 0.15) is 28.8 Å². The SMILES string of the molecule is CO[C@]1(COc2cccc(C)c2)CCCN(C(=O)c2cnc[nH]c2=O)C1. The van der Waals surface area contributed by atoms with Crippen LogP contribution in [-0.4, -0.2) is 53.2 Å². The van der Waals surface area contributed by atoms with Gasteiger partial charge in [-0.2, -0.15) is 0 Å². The third-order valence-electron chi connectivity index (χ3n) is 4.70. The molecule has 1 aromatic carbocycles. The van der Waals surface area contributed by atoms with Crippen LogP contribution in [0.3, 0.4) is 0 Å². The van der Waals surface area contributed by atoms with Crippen LogP contribution in [0, 0.1) is 6.92 Å². The number of hydrogen-bond donors (Lipinski definition) is 1. The summed E-state index contributed by atoms with van der Waals surface area (Å²) in [6, 6.07) is 7.81. The highest BCUT2D eigenvalue weighted by Crippen LogP contribution is 2.27. The molecule has 1 aliphatic rings. The summed E-state index contributed by atoms with van der Waals surface area (Å²) in [6.45, 7) is 3.27. The average Bonchev–Trinajstić information content (AvgIpc) is 2.66. The normalized spacial score (nSPS) is 20.0. The van der Waals surface area contributed by atoms with Crippen molar-refractivity contribution in [3.05, 3.63) is 58.3 Å². The first-order valence-electron chi connectivity index (χ1n) is 8.60. The van der Waals surface area contributed by atoms with Gasteiger partial charge in [-0.25, -0.2) is 4.98 Å². The first kappa shape index (κ1) is 18.1. The number of methoxy groups -OCH3 is 1. The Morgan fingerprint density at radius 1 is 1.42 bits per heavy atom. The van der Waals surface area contributed by atoms with Crippen molar-refractivity contribution in [2.75, 3.05) is 26.8 Å². The number of carbonyl (C=O) groups is 1. The third-order valence-corrected chi connectivity index (χ3v) is 4.70. The maximum atomic E-state index is 12.7. The molecule has 0 radical (unpaired) electrons. The van der Waals surface area contributed by atoms with Gasteiger partial charge in [-0.3, -0.25) is 9.59 Å². The Labute approximate surface area is 152 Å². The Morgan fingerprint density at radius 3 is 3.00 bits per heavy atom. The van der Waals surface area contributed by atoms with E-state index in [4.69, 9.17) is 9.47 Å². The Bertz CT molecular complexity index is 835. The van der Waals surface area contributed by atoms with Gasteiger partial charge in [0.15, 0.2) is 0 Å². The van der Waals surface area contributed by atoms with Crippen LogP contribution in [0.4, 0.5) is 0 Å². The molecule has 0 spiro atoms. The number of aryl methyl sites for hydroxylation is 1. The van der Waals surface area contributed by atoms with Crippen LogP contribution in [0.25, 0.3) is 0 Å². The van der Waals surface area contributed by atoms with Gasteiger partial charge in [-0.05, 0) is 37.5 Å². The molecule has 0 aliphatic carbocycles. The van der Waals surface area contributed by atoms with E-state index in [1.54, 1.807) is 12.0 Å². The predicted molar refractivity (Wildman–Crippen MR) is 96.4 cm³/mol. The van der Waals surface area contributed by atoms with E-state index in [1.165, 1.54) is 12.5 Å². The lowest BCUT2D eigenvalue weighted by molar-refractivity contribution is -0.0825. The fraction of sp³-hybridized carbons (Fsp3) is 0.421. The monoisotopic (exact) mass is 357 g/mol. The van der Waals surface area contributed by atoms with Gasteiger partial charge in [-0.15, -0.1) is 0 Å². The molecule has 3 rings (SSSR count). The van der Waals surface area contributed by atoms with Gasteiger partial charge in [0.25, 0.3) is 11.5 Å². The van der Waals surface area contributed by atoms with Crippen LogP contribution in [0.15, 0.2) is 41.6 Å². The molecule has 0 bridgehead atoms. The van der Waals surface area contributed by atoms with Crippen LogP contribution in [0.2, 0.25) is 0 Å². The van der Waals surface area contributed by atoms with Crippen LogP contribution < -0.4 is 10.3 Å². The van der Waals surface area contributed by atoms with Crippen molar-refractivity contribution in [1.82, 2.24) is 14.9 Å². The van der Waals surface area contributed by atoms with E-state index in [-0.39, 0.29) is 11.5 Å². The van der Waals surface area contributed by atoms with Crippen molar-refractivity contribution in [1.29, 1.82) is 0 Å². The molecule has 7 nitrogen and oxygen atoms in total. The number of benzene rings is 1. The zero-order chi connectivity index (χ0) is 18.6. The molecular formula is C19H23N3O4. The van der Waals surface area contributed by atoms with Gasteiger partial charge < -0.3 is 19.4 Å². The average molecular weight is 357 g/mol. The highest BCUT2D eigenvalue weighted by molar-refractivity contribution is 5.93. The van der Waals surface area contributed by atoms with E-state index in [2.05, 4.69) is 9.97 Å². The summed E-state index contributed by atoms with van der Waals surface area (Å²) in [5.41, 5.74) is 0.117. The van der Waals surface area contributed by atoms with Crippen molar-refractivity contribution in [2.24, 2.45) is 0 Å². The summed E-state index contributed by atoms with van der Waals surface area (Å²) in [5, 5.41) is 0. The summed E-state index contributed by atoms with van der Waals surface area (Å²) in [5.74, 6) is 0.435. The van der Waals surface area contributed by atoms with Crippen molar-refractivity contribution in [3.8, 4) is 5.75 Å². The Hall–Kier alpha value is -2.67. The molecule has 7 heteroatoms. The lowest BCUT2D eigenvalue weighted by atomic mass is 9.93. The predicted octanol–water partition coefficient (Wildman–Crippen LogP) is 1.78.